The van der Waals surface area contributed by atoms with Gasteiger partial charge in [0.1, 0.15) is 0 Å². The highest BCUT2D eigenvalue weighted by atomic mass is 16.2. The summed E-state index contributed by atoms with van der Waals surface area (Å²) in [4.78, 5) is 14.1. The van der Waals surface area contributed by atoms with Crippen molar-refractivity contribution >= 4 is 17.3 Å². The van der Waals surface area contributed by atoms with Crippen LogP contribution in [-0.4, -0.2) is 18.0 Å². The average molecular weight is 247 g/mol. The van der Waals surface area contributed by atoms with Crippen molar-refractivity contribution in [1.29, 1.82) is 0 Å². The van der Waals surface area contributed by atoms with Gasteiger partial charge in [0.05, 0.1) is 0 Å². The molecule has 0 atom stereocenters. The Morgan fingerprint density at radius 1 is 1.33 bits per heavy atom. The molecule has 0 spiro atoms. The highest BCUT2D eigenvalue weighted by molar-refractivity contribution is 5.98. The molecule has 0 saturated heterocycles. The third-order valence-electron chi connectivity index (χ3n) is 3.56. The minimum atomic E-state index is -0.253. The van der Waals surface area contributed by atoms with Crippen LogP contribution in [-0.2, 0) is 11.2 Å². The number of carbonyl (C=O) groups is 1. The smallest absolute Gasteiger partial charge is 0.227 e. The first-order chi connectivity index (χ1) is 8.45. The lowest BCUT2D eigenvalue weighted by Gasteiger charge is -2.42. The van der Waals surface area contributed by atoms with Crippen LogP contribution in [0.3, 0.4) is 0 Å². The summed E-state index contributed by atoms with van der Waals surface area (Å²) in [6.07, 6.45) is 2.10. The molecule has 0 unspecified atom stereocenters. The number of nitrogen functional groups attached to an aromatic ring is 1. The Hall–Kier alpha value is -1.55. The first-order valence-electron chi connectivity index (χ1n) is 6.37. The summed E-state index contributed by atoms with van der Waals surface area (Å²) in [5.41, 5.74) is 14.1. The Morgan fingerprint density at radius 2 is 2.06 bits per heavy atom. The number of nitrogens with zero attached hydrogens (tertiary/aromatic N) is 1. The highest BCUT2D eigenvalue weighted by Gasteiger charge is 2.35. The molecule has 1 heterocycles. The number of anilines is 2. The van der Waals surface area contributed by atoms with Crippen LogP contribution in [0.25, 0.3) is 0 Å². The van der Waals surface area contributed by atoms with Crippen LogP contribution in [0.15, 0.2) is 18.2 Å². The van der Waals surface area contributed by atoms with Crippen molar-refractivity contribution in [3.05, 3.63) is 23.8 Å². The van der Waals surface area contributed by atoms with E-state index in [9.17, 15) is 4.79 Å². The molecule has 0 aromatic heterocycles. The fourth-order valence-electron chi connectivity index (χ4n) is 2.64. The number of hydrogen-bond acceptors (Lipinski definition) is 3. The van der Waals surface area contributed by atoms with Gasteiger partial charge < -0.3 is 16.4 Å². The zero-order valence-electron chi connectivity index (χ0n) is 11.1. The second-order valence-electron chi connectivity index (χ2n) is 5.47. The van der Waals surface area contributed by atoms with E-state index in [1.165, 1.54) is 0 Å². The molecule has 1 aromatic carbocycles. The zero-order chi connectivity index (χ0) is 13.3. The molecule has 1 aliphatic rings. The molecular formula is C14H21N3O. The Labute approximate surface area is 108 Å². The number of nitrogens with two attached hydrogens (primary N) is 2. The van der Waals surface area contributed by atoms with Crippen molar-refractivity contribution in [2.24, 2.45) is 5.73 Å². The van der Waals surface area contributed by atoms with E-state index < -0.39 is 0 Å². The maximum Gasteiger partial charge on any atom is 0.227 e. The van der Waals surface area contributed by atoms with Crippen LogP contribution < -0.4 is 16.4 Å². The van der Waals surface area contributed by atoms with Gasteiger partial charge >= 0.3 is 0 Å². The molecule has 4 heteroatoms. The van der Waals surface area contributed by atoms with Crippen LogP contribution in [0.5, 0.6) is 0 Å². The van der Waals surface area contributed by atoms with Crippen molar-refractivity contribution in [3.8, 4) is 0 Å². The lowest BCUT2D eigenvalue weighted by atomic mass is 9.91. The van der Waals surface area contributed by atoms with Gasteiger partial charge in [-0.05, 0) is 57.0 Å². The monoisotopic (exact) mass is 247 g/mol. The van der Waals surface area contributed by atoms with E-state index in [0.29, 0.717) is 13.0 Å². The summed E-state index contributed by atoms with van der Waals surface area (Å²) < 4.78 is 0. The lowest BCUT2D eigenvalue weighted by molar-refractivity contribution is -0.120. The van der Waals surface area contributed by atoms with Crippen LogP contribution >= 0.6 is 0 Å². The Morgan fingerprint density at radius 3 is 2.72 bits per heavy atom. The van der Waals surface area contributed by atoms with Gasteiger partial charge in [-0.15, -0.1) is 0 Å². The summed E-state index contributed by atoms with van der Waals surface area (Å²) in [6.45, 7) is 4.69. The van der Waals surface area contributed by atoms with Gasteiger partial charge in [0.2, 0.25) is 5.91 Å². The van der Waals surface area contributed by atoms with Crippen molar-refractivity contribution in [2.45, 2.75) is 38.6 Å². The van der Waals surface area contributed by atoms with E-state index in [1.807, 2.05) is 23.1 Å². The molecule has 18 heavy (non-hydrogen) atoms. The van der Waals surface area contributed by atoms with E-state index in [-0.39, 0.29) is 11.4 Å². The van der Waals surface area contributed by atoms with Crippen LogP contribution in [0, 0.1) is 0 Å². The molecule has 0 aliphatic carbocycles. The molecule has 2 rings (SSSR count). The largest absolute Gasteiger partial charge is 0.399 e. The number of fused-ring (bicyclic) bond motifs is 1. The van der Waals surface area contributed by atoms with E-state index >= 15 is 0 Å². The molecule has 4 N–H and O–H groups in total. The van der Waals surface area contributed by atoms with Gasteiger partial charge in [-0.25, -0.2) is 0 Å². The predicted octanol–water partition coefficient (Wildman–Crippen LogP) is 1.68. The number of aryl methyl sites for hydroxylation is 1. The lowest BCUT2D eigenvalue weighted by Crippen LogP contribution is -2.51. The minimum absolute atomic E-state index is 0.172. The third kappa shape index (κ3) is 2.20. The average Bonchev–Trinajstić information content (AvgIpc) is 2.28. The van der Waals surface area contributed by atoms with Crippen LogP contribution in [0.2, 0.25) is 0 Å². The summed E-state index contributed by atoms with van der Waals surface area (Å²) in [5.74, 6) is 0.172. The molecule has 98 valence electrons. The molecule has 0 radical (unpaired) electrons. The van der Waals surface area contributed by atoms with Crippen molar-refractivity contribution in [1.82, 2.24) is 0 Å². The highest BCUT2D eigenvalue weighted by Crippen LogP contribution is 2.35. The molecule has 0 fully saturated rings. The quantitative estimate of drug-likeness (QED) is 0.798. The zero-order valence-corrected chi connectivity index (χ0v) is 11.1. The van der Waals surface area contributed by atoms with Gasteiger partial charge in [0.15, 0.2) is 0 Å². The number of carbonyl (C=O) groups excluding carboxylic acids is 1. The first-order valence-corrected chi connectivity index (χ1v) is 6.37. The Balaban J connectivity index is 2.45. The number of rotatable bonds is 3. The fourth-order valence-corrected chi connectivity index (χ4v) is 2.64. The maximum absolute atomic E-state index is 12.2. The molecule has 1 amide bonds. The van der Waals surface area contributed by atoms with Crippen molar-refractivity contribution in [2.75, 3.05) is 17.2 Å². The number of hydrogen-bond donors (Lipinski definition) is 2. The van der Waals surface area contributed by atoms with Crippen LogP contribution in [0.1, 0.15) is 32.3 Å². The molecular weight excluding hydrogens is 226 g/mol. The van der Waals surface area contributed by atoms with Gasteiger partial charge in [0.25, 0.3) is 0 Å². The van der Waals surface area contributed by atoms with Gasteiger partial charge in [-0.3, -0.25) is 4.79 Å². The fraction of sp³-hybridized carbons (Fsp3) is 0.500. The Bertz CT molecular complexity index is 468. The Kier molecular flexibility index (Phi) is 3.30. The summed E-state index contributed by atoms with van der Waals surface area (Å²) in [5, 5.41) is 0. The predicted molar refractivity (Wildman–Crippen MR) is 74.4 cm³/mol. The minimum Gasteiger partial charge on any atom is -0.399 e. The van der Waals surface area contributed by atoms with Crippen LogP contribution in [0.4, 0.5) is 11.4 Å². The van der Waals surface area contributed by atoms with E-state index in [2.05, 4.69) is 13.8 Å². The maximum atomic E-state index is 12.2. The van der Waals surface area contributed by atoms with E-state index in [4.69, 9.17) is 11.5 Å². The SMILES string of the molecule is CC(C)(CCN)N1C(=O)CCc2cc(N)ccc21. The number of amides is 1. The summed E-state index contributed by atoms with van der Waals surface area (Å²) >= 11 is 0. The first kappa shape index (κ1) is 12.9. The van der Waals surface area contributed by atoms with E-state index in [1.54, 1.807) is 0 Å². The van der Waals surface area contributed by atoms with Crippen molar-refractivity contribution in [3.63, 3.8) is 0 Å². The molecule has 4 nitrogen and oxygen atoms in total. The second kappa shape index (κ2) is 4.61. The summed E-state index contributed by atoms with van der Waals surface area (Å²) in [6, 6.07) is 5.76. The molecule has 1 aromatic rings. The molecule has 0 bridgehead atoms. The van der Waals surface area contributed by atoms with Crippen molar-refractivity contribution < 1.29 is 4.79 Å². The third-order valence-corrected chi connectivity index (χ3v) is 3.56. The topological polar surface area (TPSA) is 72.3 Å². The molecule has 0 saturated carbocycles. The second-order valence-corrected chi connectivity index (χ2v) is 5.47. The number of benzene rings is 1. The van der Waals surface area contributed by atoms with Gasteiger partial charge in [-0.1, -0.05) is 0 Å². The van der Waals surface area contributed by atoms with Gasteiger partial charge in [0, 0.05) is 23.3 Å². The summed E-state index contributed by atoms with van der Waals surface area (Å²) in [7, 11) is 0. The van der Waals surface area contributed by atoms with E-state index in [0.717, 1.165) is 29.8 Å². The molecule has 1 aliphatic heterocycles. The van der Waals surface area contributed by atoms with Gasteiger partial charge in [-0.2, -0.15) is 0 Å². The normalized spacial score (nSPS) is 15.7. The standard InChI is InChI=1S/C14H21N3O/c1-14(2,7-8-15)17-12-5-4-11(16)9-10(12)3-6-13(17)18/h4-5,9H,3,6-8,15-16H2,1-2H3.